The number of hydrogen-bond donors (Lipinski definition) is 1. The zero-order valence-electron chi connectivity index (χ0n) is 20.3. The van der Waals surface area contributed by atoms with Gasteiger partial charge in [0.2, 0.25) is 17.0 Å². The van der Waals surface area contributed by atoms with E-state index in [0.29, 0.717) is 17.0 Å². The number of fused-ring (bicyclic) bond motifs is 1. The molecule has 5 rings (SSSR count). The minimum absolute atomic E-state index is 0.00590. The smallest absolute Gasteiger partial charge is 0.329 e. The van der Waals surface area contributed by atoms with Crippen LogP contribution in [0.15, 0.2) is 28.3 Å². The highest BCUT2D eigenvalue weighted by molar-refractivity contribution is 7.18. The Morgan fingerprint density at radius 3 is 2.53 bits per heavy atom. The molecule has 0 unspecified atom stereocenters. The molecule has 4 aromatic heterocycles. The maximum Gasteiger partial charge on any atom is 0.408 e. The average molecular weight is 551 g/mol. The normalized spacial score (nSPS) is 16.8. The molecule has 0 bridgehead atoms. The summed E-state index contributed by atoms with van der Waals surface area (Å²) in [5, 5.41) is 11.1. The van der Waals surface area contributed by atoms with Gasteiger partial charge in [-0.1, -0.05) is 11.3 Å². The number of nitrogens with zero attached hydrogens (tertiary/aromatic N) is 9. The molecule has 1 saturated heterocycles. The van der Waals surface area contributed by atoms with Gasteiger partial charge in [-0.25, -0.2) is 19.7 Å². The van der Waals surface area contributed by atoms with Gasteiger partial charge in [0.05, 0.1) is 6.33 Å². The number of amides is 1. The Labute approximate surface area is 215 Å². The van der Waals surface area contributed by atoms with Crippen molar-refractivity contribution in [3.8, 4) is 10.6 Å². The van der Waals surface area contributed by atoms with Crippen LogP contribution in [-0.4, -0.2) is 63.5 Å². The zero-order valence-corrected chi connectivity index (χ0v) is 21.1. The number of anilines is 2. The third kappa shape index (κ3) is 4.31. The van der Waals surface area contributed by atoms with Crippen LogP contribution in [0.3, 0.4) is 0 Å². The monoisotopic (exact) mass is 550 g/mol. The molecule has 17 heteroatoms. The Balaban J connectivity index is 1.32. The molecule has 1 fully saturated rings. The molecule has 0 spiro atoms. The van der Waals surface area contributed by atoms with E-state index in [2.05, 4.69) is 30.5 Å². The van der Waals surface area contributed by atoms with Crippen LogP contribution in [0.1, 0.15) is 25.8 Å². The number of imidazole rings is 1. The minimum atomic E-state index is -4.37. The Morgan fingerprint density at radius 2 is 1.84 bits per heavy atom. The van der Waals surface area contributed by atoms with Gasteiger partial charge >= 0.3 is 11.9 Å². The molecule has 0 aromatic carbocycles. The number of halogens is 3. The highest BCUT2D eigenvalue weighted by atomic mass is 32.1. The van der Waals surface area contributed by atoms with Gasteiger partial charge in [0, 0.05) is 38.6 Å². The van der Waals surface area contributed by atoms with Gasteiger partial charge in [-0.05, 0) is 19.8 Å². The maximum atomic E-state index is 13.3. The van der Waals surface area contributed by atoms with Gasteiger partial charge in [0.15, 0.2) is 16.2 Å². The van der Waals surface area contributed by atoms with Crippen LogP contribution >= 0.6 is 11.3 Å². The van der Waals surface area contributed by atoms with Crippen molar-refractivity contribution < 1.29 is 18.0 Å². The lowest BCUT2D eigenvalue weighted by molar-refractivity contribution is -0.146. The van der Waals surface area contributed by atoms with Crippen LogP contribution in [0, 0.1) is 0 Å². The van der Waals surface area contributed by atoms with Crippen molar-refractivity contribution in [3.05, 3.63) is 39.6 Å². The first-order chi connectivity index (χ1) is 18.0. The van der Waals surface area contributed by atoms with Gasteiger partial charge in [-0.15, -0.1) is 10.2 Å². The molecular weight excluding hydrogens is 529 g/mol. The fourth-order valence-corrected chi connectivity index (χ4v) is 5.03. The third-order valence-corrected chi connectivity index (χ3v) is 7.29. The topological polar surface area (TPSA) is 146 Å². The highest BCUT2D eigenvalue weighted by Gasteiger charge is 2.46. The summed E-state index contributed by atoms with van der Waals surface area (Å²) in [4.78, 5) is 51.2. The van der Waals surface area contributed by atoms with E-state index in [4.69, 9.17) is 0 Å². The van der Waals surface area contributed by atoms with E-state index < -0.39 is 35.4 Å². The van der Waals surface area contributed by atoms with E-state index in [1.807, 2.05) is 0 Å². The predicted molar refractivity (Wildman–Crippen MR) is 131 cm³/mol. The first-order valence-electron chi connectivity index (χ1n) is 11.4. The molecule has 4 aromatic rings. The largest absolute Gasteiger partial charge is 0.408 e. The highest BCUT2D eigenvalue weighted by Crippen LogP contribution is 2.35. The molecule has 1 aliphatic heterocycles. The van der Waals surface area contributed by atoms with Crippen LogP contribution in [0.4, 0.5) is 24.3 Å². The molecule has 1 aliphatic rings. The number of alkyl halides is 3. The molecule has 1 amide bonds. The van der Waals surface area contributed by atoms with Crippen molar-refractivity contribution in [2.45, 2.75) is 38.0 Å². The number of aryl methyl sites for hydroxylation is 1. The van der Waals surface area contributed by atoms with Crippen molar-refractivity contribution in [1.29, 1.82) is 0 Å². The van der Waals surface area contributed by atoms with Crippen molar-refractivity contribution in [2.75, 3.05) is 16.8 Å². The van der Waals surface area contributed by atoms with Gasteiger partial charge in [0.1, 0.15) is 12.1 Å². The molecule has 1 N–H and O–H groups in total. The minimum Gasteiger partial charge on any atom is -0.329 e. The first kappa shape index (κ1) is 25.5. The van der Waals surface area contributed by atoms with E-state index in [1.165, 1.54) is 42.0 Å². The molecule has 0 aliphatic carbocycles. The standard InChI is InChI=1S/C21H21F3N10O3S/c1-10(34-9-27-14-13(34)17(36)32(3)20(37)31(14)2)15(35)28-19-30-29-16(38-19)11-7-25-18(26-8-11)33-6-4-5-12(33)21(22,23)24/h7-10,12H,4-6H2,1-3H3,(H,28,30,35)/t10-,12-/m0/s1. The second-order valence-corrected chi connectivity index (χ2v) is 9.75. The van der Waals surface area contributed by atoms with E-state index in [9.17, 15) is 27.6 Å². The lowest BCUT2D eigenvalue weighted by Gasteiger charge is -2.26. The number of carbonyl (C=O) groups excluding carboxylic acids is 1. The Bertz CT molecular complexity index is 1640. The second-order valence-electron chi connectivity index (χ2n) is 8.77. The fraction of sp³-hybridized carbons (Fsp3) is 0.429. The number of aromatic nitrogens is 8. The first-order valence-corrected chi connectivity index (χ1v) is 12.2. The van der Waals surface area contributed by atoms with Gasteiger partial charge in [-0.3, -0.25) is 24.0 Å². The summed E-state index contributed by atoms with van der Waals surface area (Å²) in [6.07, 6.45) is 0.0578. The van der Waals surface area contributed by atoms with Crippen molar-refractivity contribution in [2.24, 2.45) is 14.1 Å². The third-order valence-electron chi connectivity index (χ3n) is 6.40. The van der Waals surface area contributed by atoms with Crippen LogP contribution in [0.5, 0.6) is 0 Å². The van der Waals surface area contributed by atoms with Crippen LogP contribution in [-0.2, 0) is 18.9 Å². The number of rotatable bonds is 5. The van der Waals surface area contributed by atoms with E-state index in [0.717, 1.165) is 20.8 Å². The molecule has 38 heavy (non-hydrogen) atoms. The summed E-state index contributed by atoms with van der Waals surface area (Å²) >= 11 is 1.02. The van der Waals surface area contributed by atoms with Crippen LogP contribution < -0.4 is 21.5 Å². The number of carbonyl (C=O) groups is 1. The summed E-state index contributed by atoms with van der Waals surface area (Å²) in [6, 6.07) is -2.50. The lowest BCUT2D eigenvalue weighted by Crippen LogP contribution is -2.42. The Kier molecular flexibility index (Phi) is 6.24. The van der Waals surface area contributed by atoms with Crippen LogP contribution in [0.25, 0.3) is 21.7 Å². The molecule has 2 atom stereocenters. The molecule has 13 nitrogen and oxygen atoms in total. The van der Waals surface area contributed by atoms with Crippen molar-refractivity contribution in [1.82, 2.24) is 38.9 Å². The van der Waals surface area contributed by atoms with E-state index in [-0.39, 0.29) is 35.2 Å². The number of nitrogens with one attached hydrogen (secondary N) is 1. The van der Waals surface area contributed by atoms with Crippen molar-refractivity contribution in [3.63, 3.8) is 0 Å². The second kappa shape index (κ2) is 9.30. The summed E-state index contributed by atoms with van der Waals surface area (Å²) in [7, 11) is 2.82. The molecule has 5 heterocycles. The summed E-state index contributed by atoms with van der Waals surface area (Å²) in [5.74, 6) is -0.529. The maximum absolute atomic E-state index is 13.3. The lowest BCUT2D eigenvalue weighted by atomic mass is 10.2. The predicted octanol–water partition coefficient (Wildman–Crippen LogP) is 1.47. The SMILES string of the molecule is C[C@@H](C(=O)Nc1nnc(-c2cnc(N3CCC[C@H]3C(F)(F)F)nc2)s1)n1cnc2c1c(=O)n(C)c(=O)n2C. The summed E-state index contributed by atoms with van der Waals surface area (Å²) < 4.78 is 43.3. The van der Waals surface area contributed by atoms with Crippen LogP contribution in [0.2, 0.25) is 0 Å². The van der Waals surface area contributed by atoms with Crippen molar-refractivity contribution >= 4 is 39.5 Å². The zero-order chi connectivity index (χ0) is 27.4. The van der Waals surface area contributed by atoms with E-state index >= 15 is 0 Å². The van der Waals surface area contributed by atoms with Gasteiger partial charge in [0.25, 0.3) is 5.56 Å². The molecule has 200 valence electrons. The Hall–Kier alpha value is -4.15. The molecule has 0 saturated carbocycles. The van der Waals surface area contributed by atoms with Gasteiger partial charge in [-0.2, -0.15) is 13.2 Å². The molecular formula is C21H21F3N10O3S. The quantitative estimate of drug-likeness (QED) is 0.390. The average Bonchev–Trinajstić information content (AvgIpc) is 3.65. The Morgan fingerprint density at radius 1 is 1.13 bits per heavy atom. The molecule has 0 radical (unpaired) electrons. The van der Waals surface area contributed by atoms with Gasteiger partial charge < -0.3 is 9.47 Å². The summed E-state index contributed by atoms with van der Waals surface area (Å²) in [6.45, 7) is 1.77. The fourth-order valence-electron chi connectivity index (χ4n) is 4.31. The van der Waals surface area contributed by atoms with E-state index in [1.54, 1.807) is 6.92 Å². The number of hydrogen-bond acceptors (Lipinski definition) is 10. The summed E-state index contributed by atoms with van der Waals surface area (Å²) in [5.41, 5.74) is -0.457.